The number of rotatable bonds is 6. The van der Waals surface area contributed by atoms with Gasteiger partial charge in [0.2, 0.25) is 5.82 Å². The summed E-state index contributed by atoms with van der Waals surface area (Å²) in [5.41, 5.74) is 2.04. The molecule has 0 atom stereocenters. The predicted octanol–water partition coefficient (Wildman–Crippen LogP) is 3.21. The summed E-state index contributed by atoms with van der Waals surface area (Å²) < 4.78 is 28.1. The minimum absolute atomic E-state index is 0.186. The molecular formula is C18H16FN3O4. The van der Waals surface area contributed by atoms with E-state index in [1.807, 2.05) is 13.0 Å². The number of amides is 1. The topological polar surface area (TPSA) is 86.5 Å². The third-order valence-corrected chi connectivity index (χ3v) is 3.62. The number of aromatic nitrogens is 2. The van der Waals surface area contributed by atoms with Gasteiger partial charge in [-0.3, -0.25) is 4.79 Å². The maximum absolute atomic E-state index is 12.9. The van der Waals surface area contributed by atoms with Crippen LogP contribution in [0, 0.1) is 12.7 Å². The van der Waals surface area contributed by atoms with Crippen LogP contribution in [0.5, 0.6) is 11.5 Å². The zero-order chi connectivity index (χ0) is 18.5. The van der Waals surface area contributed by atoms with Crippen LogP contribution in [-0.2, 0) is 4.79 Å². The zero-order valence-corrected chi connectivity index (χ0v) is 14.2. The molecule has 1 aromatic heterocycles. The lowest BCUT2D eigenvalue weighted by Gasteiger charge is -2.08. The molecule has 0 radical (unpaired) electrons. The number of carbonyl (C=O) groups excluding carboxylic acids is 1. The van der Waals surface area contributed by atoms with Crippen LogP contribution in [0.4, 0.5) is 10.2 Å². The first-order valence-corrected chi connectivity index (χ1v) is 7.72. The van der Waals surface area contributed by atoms with Crippen LogP contribution < -0.4 is 14.8 Å². The number of halogens is 1. The maximum Gasteiger partial charge on any atom is 0.263 e. The molecule has 0 aliphatic heterocycles. The molecule has 8 heteroatoms. The lowest BCUT2D eigenvalue weighted by atomic mass is 10.1. The van der Waals surface area contributed by atoms with Crippen LogP contribution in [0.15, 0.2) is 47.1 Å². The Labute approximate surface area is 148 Å². The Hall–Kier alpha value is -3.42. The van der Waals surface area contributed by atoms with Crippen LogP contribution in [-0.4, -0.2) is 29.9 Å². The van der Waals surface area contributed by atoms with E-state index in [0.717, 1.165) is 11.1 Å². The molecule has 0 spiro atoms. The van der Waals surface area contributed by atoms with Crippen molar-refractivity contribution in [3.05, 3.63) is 53.8 Å². The Morgan fingerprint density at radius 3 is 2.58 bits per heavy atom. The lowest BCUT2D eigenvalue weighted by Crippen LogP contribution is -2.20. The van der Waals surface area contributed by atoms with Gasteiger partial charge in [-0.2, -0.15) is 0 Å². The molecule has 7 nitrogen and oxygen atoms in total. The summed E-state index contributed by atoms with van der Waals surface area (Å²) in [6.45, 7) is 1.62. The number of carbonyl (C=O) groups is 1. The molecule has 1 N–H and O–H groups in total. The summed E-state index contributed by atoms with van der Waals surface area (Å²) in [6.07, 6.45) is 0. The second-order valence-corrected chi connectivity index (χ2v) is 5.43. The number of aryl methyl sites for hydroxylation is 1. The summed E-state index contributed by atoms with van der Waals surface area (Å²) in [5.74, 6) is 0.449. The molecule has 0 saturated carbocycles. The summed E-state index contributed by atoms with van der Waals surface area (Å²) in [5, 5.41) is 10.2. The highest BCUT2D eigenvalue weighted by molar-refractivity contribution is 5.94. The van der Waals surface area contributed by atoms with Gasteiger partial charge in [-0.25, -0.2) is 9.02 Å². The number of benzene rings is 2. The van der Waals surface area contributed by atoms with Crippen molar-refractivity contribution in [3.8, 4) is 22.8 Å². The van der Waals surface area contributed by atoms with Crippen LogP contribution in [0.3, 0.4) is 0 Å². The normalized spacial score (nSPS) is 10.4. The summed E-state index contributed by atoms with van der Waals surface area (Å²) >= 11 is 0. The number of nitrogens with zero attached hydrogens (tertiary/aromatic N) is 2. The van der Waals surface area contributed by atoms with Gasteiger partial charge >= 0.3 is 0 Å². The summed E-state index contributed by atoms with van der Waals surface area (Å²) in [4.78, 5) is 12.1. The molecule has 3 rings (SSSR count). The molecule has 0 fully saturated rings. The number of ether oxygens (including phenoxy) is 2. The number of hydrogen-bond acceptors (Lipinski definition) is 6. The fourth-order valence-corrected chi connectivity index (χ4v) is 2.32. The van der Waals surface area contributed by atoms with E-state index >= 15 is 0 Å². The van der Waals surface area contributed by atoms with Crippen molar-refractivity contribution < 1.29 is 23.3 Å². The fraction of sp³-hybridized carbons (Fsp3) is 0.167. The first-order chi connectivity index (χ1) is 12.6. The predicted molar refractivity (Wildman–Crippen MR) is 91.5 cm³/mol. The van der Waals surface area contributed by atoms with Crippen molar-refractivity contribution in [1.82, 2.24) is 10.3 Å². The van der Waals surface area contributed by atoms with Gasteiger partial charge in [0.1, 0.15) is 17.3 Å². The Balaban J connectivity index is 1.68. The Bertz CT molecular complexity index is 909. The minimum atomic E-state index is -0.447. The highest BCUT2D eigenvalue weighted by Crippen LogP contribution is 2.29. The monoisotopic (exact) mass is 357 g/mol. The van der Waals surface area contributed by atoms with Gasteiger partial charge in [0.25, 0.3) is 5.91 Å². The largest absolute Gasteiger partial charge is 0.497 e. The van der Waals surface area contributed by atoms with Gasteiger partial charge in [0.05, 0.1) is 7.11 Å². The van der Waals surface area contributed by atoms with Crippen molar-refractivity contribution >= 4 is 11.7 Å². The molecule has 0 saturated heterocycles. The van der Waals surface area contributed by atoms with E-state index in [1.165, 1.54) is 24.3 Å². The first kappa shape index (κ1) is 17.4. The third kappa shape index (κ3) is 3.97. The molecule has 1 amide bonds. The lowest BCUT2D eigenvalue weighted by molar-refractivity contribution is -0.118. The SMILES string of the molecule is COc1ccc(-c2nonc2NC(=O)COc2ccc(F)cc2)c(C)c1. The second kappa shape index (κ2) is 7.64. The minimum Gasteiger partial charge on any atom is -0.497 e. The zero-order valence-electron chi connectivity index (χ0n) is 14.2. The van der Waals surface area contributed by atoms with Gasteiger partial charge < -0.3 is 14.8 Å². The van der Waals surface area contributed by atoms with Crippen LogP contribution in [0.1, 0.15) is 5.56 Å². The van der Waals surface area contributed by atoms with Gasteiger partial charge in [0.15, 0.2) is 12.3 Å². The summed E-state index contributed by atoms with van der Waals surface area (Å²) in [7, 11) is 1.58. The molecule has 0 aliphatic rings. The van der Waals surface area contributed by atoms with Gasteiger partial charge in [-0.05, 0) is 65.3 Å². The number of anilines is 1. The number of hydrogen-bond donors (Lipinski definition) is 1. The van der Waals surface area contributed by atoms with E-state index in [9.17, 15) is 9.18 Å². The Morgan fingerprint density at radius 2 is 1.88 bits per heavy atom. The van der Waals surface area contributed by atoms with Crippen LogP contribution in [0.25, 0.3) is 11.3 Å². The van der Waals surface area contributed by atoms with E-state index in [4.69, 9.17) is 14.1 Å². The van der Waals surface area contributed by atoms with Crippen molar-refractivity contribution in [3.63, 3.8) is 0 Å². The summed E-state index contributed by atoms with van der Waals surface area (Å²) in [6, 6.07) is 10.8. The molecule has 1 heterocycles. The van der Waals surface area contributed by atoms with Crippen molar-refractivity contribution in [2.75, 3.05) is 19.0 Å². The van der Waals surface area contributed by atoms with Gasteiger partial charge in [-0.1, -0.05) is 0 Å². The van der Waals surface area contributed by atoms with Gasteiger partial charge in [-0.15, -0.1) is 0 Å². The third-order valence-electron chi connectivity index (χ3n) is 3.62. The van der Waals surface area contributed by atoms with Crippen molar-refractivity contribution in [1.29, 1.82) is 0 Å². The molecule has 3 aromatic rings. The highest BCUT2D eigenvalue weighted by atomic mass is 19.1. The van der Waals surface area contributed by atoms with E-state index < -0.39 is 5.91 Å². The Morgan fingerprint density at radius 1 is 1.15 bits per heavy atom. The molecule has 2 aromatic carbocycles. The van der Waals surface area contributed by atoms with E-state index in [-0.39, 0.29) is 18.2 Å². The molecule has 0 aliphatic carbocycles. The van der Waals surface area contributed by atoms with Gasteiger partial charge in [0, 0.05) is 5.56 Å². The average molecular weight is 357 g/mol. The second-order valence-electron chi connectivity index (χ2n) is 5.43. The number of methoxy groups -OCH3 is 1. The van der Waals surface area contributed by atoms with Crippen LogP contribution in [0.2, 0.25) is 0 Å². The molecule has 26 heavy (non-hydrogen) atoms. The van der Waals surface area contributed by atoms with Crippen molar-refractivity contribution in [2.24, 2.45) is 0 Å². The Kier molecular flexibility index (Phi) is 5.12. The van der Waals surface area contributed by atoms with E-state index in [2.05, 4.69) is 15.6 Å². The maximum atomic E-state index is 12.9. The van der Waals surface area contributed by atoms with Crippen LogP contribution >= 0.6 is 0 Å². The standard InChI is InChI=1S/C18H16FN3O4/c1-11-9-14(24-2)7-8-15(11)17-18(22-26-21-17)20-16(23)10-25-13-5-3-12(19)4-6-13/h3-9H,10H2,1-2H3,(H,20,22,23). The van der Waals surface area contributed by atoms with E-state index in [0.29, 0.717) is 17.2 Å². The van der Waals surface area contributed by atoms with E-state index in [1.54, 1.807) is 19.2 Å². The quantitative estimate of drug-likeness (QED) is 0.729. The number of nitrogens with one attached hydrogen (secondary N) is 1. The van der Waals surface area contributed by atoms with Crippen molar-refractivity contribution in [2.45, 2.75) is 6.92 Å². The molecule has 0 bridgehead atoms. The average Bonchev–Trinajstić information content (AvgIpc) is 3.09. The first-order valence-electron chi connectivity index (χ1n) is 7.72. The molecular weight excluding hydrogens is 341 g/mol. The smallest absolute Gasteiger partial charge is 0.263 e. The molecule has 0 unspecified atom stereocenters. The fourth-order valence-electron chi connectivity index (χ4n) is 2.32. The highest BCUT2D eigenvalue weighted by Gasteiger charge is 2.17. The molecule has 134 valence electrons.